The van der Waals surface area contributed by atoms with Gasteiger partial charge >= 0.3 is 0 Å². The molecule has 2 atom stereocenters. The highest BCUT2D eigenvalue weighted by molar-refractivity contribution is 7.17. The van der Waals surface area contributed by atoms with Crippen LogP contribution in [0, 0.1) is 13.8 Å². The fourth-order valence-corrected chi connectivity index (χ4v) is 4.52. The SMILES string of the molecule is Cc1cn2c(CNC3CCOC4(CCOC4)C3)c(C)nc2s1. The minimum absolute atomic E-state index is 0.0311. The van der Waals surface area contributed by atoms with Crippen LogP contribution in [0.15, 0.2) is 6.20 Å². The molecule has 2 aromatic rings. The highest BCUT2D eigenvalue weighted by atomic mass is 32.1. The summed E-state index contributed by atoms with van der Waals surface area (Å²) < 4.78 is 13.8. The fraction of sp³-hybridized carbons (Fsp3) is 0.688. The van der Waals surface area contributed by atoms with E-state index in [1.165, 1.54) is 10.6 Å². The Hall–Kier alpha value is -0.950. The Morgan fingerprint density at radius 3 is 3.18 bits per heavy atom. The van der Waals surface area contributed by atoms with E-state index in [2.05, 4.69) is 34.7 Å². The van der Waals surface area contributed by atoms with Crippen LogP contribution in [0.2, 0.25) is 0 Å². The van der Waals surface area contributed by atoms with Gasteiger partial charge in [0.25, 0.3) is 0 Å². The van der Waals surface area contributed by atoms with Crippen molar-refractivity contribution in [2.45, 2.75) is 51.3 Å². The third kappa shape index (κ3) is 2.58. The molecule has 2 aliphatic heterocycles. The number of nitrogens with zero attached hydrogens (tertiary/aromatic N) is 2. The molecule has 0 saturated carbocycles. The van der Waals surface area contributed by atoms with Gasteiger partial charge in [-0.05, 0) is 26.7 Å². The first kappa shape index (κ1) is 14.6. The van der Waals surface area contributed by atoms with Crippen molar-refractivity contribution in [2.24, 2.45) is 0 Å². The number of ether oxygens (including phenoxy) is 2. The number of nitrogens with one attached hydrogen (secondary N) is 1. The van der Waals surface area contributed by atoms with E-state index in [0.717, 1.165) is 56.3 Å². The summed E-state index contributed by atoms with van der Waals surface area (Å²) in [6.45, 7) is 7.52. The number of fused-ring (bicyclic) bond motifs is 1. The molecule has 4 heterocycles. The van der Waals surface area contributed by atoms with Crippen LogP contribution in [0.5, 0.6) is 0 Å². The normalized spacial score (nSPS) is 28.9. The molecule has 1 N–H and O–H groups in total. The van der Waals surface area contributed by atoms with Gasteiger partial charge in [0.05, 0.1) is 23.6 Å². The molecule has 6 heteroatoms. The van der Waals surface area contributed by atoms with E-state index < -0.39 is 0 Å². The summed E-state index contributed by atoms with van der Waals surface area (Å²) in [6.07, 6.45) is 5.35. The summed E-state index contributed by atoms with van der Waals surface area (Å²) in [6, 6.07) is 0.500. The molecule has 0 bridgehead atoms. The van der Waals surface area contributed by atoms with E-state index in [4.69, 9.17) is 9.47 Å². The minimum atomic E-state index is -0.0311. The average Bonchev–Trinajstić information content (AvgIpc) is 3.13. The van der Waals surface area contributed by atoms with Gasteiger partial charge in [-0.2, -0.15) is 0 Å². The molecule has 2 saturated heterocycles. The van der Waals surface area contributed by atoms with Crippen molar-refractivity contribution in [1.82, 2.24) is 14.7 Å². The van der Waals surface area contributed by atoms with Gasteiger partial charge in [0.15, 0.2) is 4.96 Å². The molecule has 5 nitrogen and oxygen atoms in total. The predicted octanol–water partition coefficient (Wildman–Crippen LogP) is 2.44. The molecular formula is C16H23N3O2S. The molecule has 1 spiro atoms. The van der Waals surface area contributed by atoms with Crippen LogP contribution >= 0.6 is 11.3 Å². The quantitative estimate of drug-likeness (QED) is 0.943. The topological polar surface area (TPSA) is 47.8 Å². The molecule has 2 aromatic heterocycles. The molecular weight excluding hydrogens is 298 g/mol. The lowest BCUT2D eigenvalue weighted by atomic mass is 9.89. The van der Waals surface area contributed by atoms with Crippen LogP contribution in [0.4, 0.5) is 0 Å². The van der Waals surface area contributed by atoms with Crippen molar-refractivity contribution in [3.05, 3.63) is 22.5 Å². The molecule has 2 fully saturated rings. The fourth-order valence-electron chi connectivity index (χ4n) is 3.63. The Morgan fingerprint density at radius 1 is 1.45 bits per heavy atom. The van der Waals surface area contributed by atoms with Gasteiger partial charge in [0.1, 0.15) is 0 Å². The van der Waals surface area contributed by atoms with Crippen LogP contribution < -0.4 is 5.32 Å². The Morgan fingerprint density at radius 2 is 2.36 bits per heavy atom. The third-order valence-corrected chi connectivity index (χ3v) is 5.76. The van der Waals surface area contributed by atoms with Crippen molar-refractivity contribution < 1.29 is 9.47 Å². The summed E-state index contributed by atoms with van der Waals surface area (Å²) in [4.78, 5) is 7.06. The first-order valence-electron chi connectivity index (χ1n) is 8.04. The second-order valence-corrected chi connectivity index (χ2v) is 7.76. The van der Waals surface area contributed by atoms with Gasteiger partial charge in [-0.3, -0.25) is 4.40 Å². The number of aryl methyl sites for hydroxylation is 2. The van der Waals surface area contributed by atoms with Crippen LogP contribution in [0.1, 0.15) is 35.5 Å². The first-order valence-corrected chi connectivity index (χ1v) is 8.86. The van der Waals surface area contributed by atoms with E-state index in [1.807, 2.05) is 0 Å². The smallest absolute Gasteiger partial charge is 0.194 e. The largest absolute Gasteiger partial charge is 0.378 e. The zero-order valence-corrected chi connectivity index (χ0v) is 14.0. The Balaban J connectivity index is 1.46. The van der Waals surface area contributed by atoms with Gasteiger partial charge < -0.3 is 14.8 Å². The number of hydrogen-bond donors (Lipinski definition) is 1. The van der Waals surface area contributed by atoms with Crippen LogP contribution in [-0.2, 0) is 16.0 Å². The van der Waals surface area contributed by atoms with E-state index in [0.29, 0.717) is 6.04 Å². The van der Waals surface area contributed by atoms with Crippen LogP contribution in [-0.4, -0.2) is 40.8 Å². The first-order chi connectivity index (χ1) is 10.7. The second-order valence-electron chi connectivity index (χ2n) is 6.54. The van der Waals surface area contributed by atoms with Crippen molar-refractivity contribution in [3.63, 3.8) is 0 Å². The van der Waals surface area contributed by atoms with Gasteiger partial charge in [0.2, 0.25) is 0 Å². The maximum absolute atomic E-state index is 6.01. The third-order valence-electron chi connectivity index (χ3n) is 4.86. The molecule has 0 amide bonds. The Kier molecular flexibility index (Phi) is 3.72. The van der Waals surface area contributed by atoms with Gasteiger partial charge in [-0.25, -0.2) is 4.98 Å². The Bertz CT molecular complexity index is 672. The second kappa shape index (κ2) is 5.60. The number of rotatable bonds is 3. The summed E-state index contributed by atoms with van der Waals surface area (Å²) >= 11 is 1.75. The van der Waals surface area contributed by atoms with E-state index in [-0.39, 0.29) is 5.60 Å². The standard InChI is InChI=1S/C16H23N3O2S/c1-11-9-19-14(12(2)18-15(19)22-11)8-17-13-3-5-21-16(7-13)4-6-20-10-16/h9,13,17H,3-8,10H2,1-2H3. The van der Waals surface area contributed by atoms with Crippen molar-refractivity contribution in [2.75, 3.05) is 19.8 Å². The Labute approximate surface area is 134 Å². The molecule has 2 unspecified atom stereocenters. The number of aromatic nitrogens is 2. The van der Waals surface area contributed by atoms with E-state index in [1.54, 1.807) is 11.3 Å². The summed E-state index contributed by atoms with van der Waals surface area (Å²) in [7, 11) is 0. The summed E-state index contributed by atoms with van der Waals surface area (Å²) in [5.74, 6) is 0. The molecule has 0 radical (unpaired) electrons. The van der Waals surface area contributed by atoms with E-state index >= 15 is 0 Å². The van der Waals surface area contributed by atoms with Crippen molar-refractivity contribution in [3.8, 4) is 0 Å². The molecule has 0 aliphatic carbocycles. The zero-order chi connectivity index (χ0) is 15.2. The maximum Gasteiger partial charge on any atom is 0.194 e. The predicted molar refractivity (Wildman–Crippen MR) is 86.5 cm³/mol. The molecule has 22 heavy (non-hydrogen) atoms. The number of imidazole rings is 1. The highest BCUT2D eigenvalue weighted by Gasteiger charge is 2.40. The van der Waals surface area contributed by atoms with Crippen molar-refractivity contribution >= 4 is 16.3 Å². The lowest BCUT2D eigenvalue weighted by Gasteiger charge is -2.37. The number of thiazole rings is 1. The maximum atomic E-state index is 6.01. The molecule has 120 valence electrons. The average molecular weight is 321 g/mol. The van der Waals surface area contributed by atoms with Crippen molar-refractivity contribution in [1.29, 1.82) is 0 Å². The summed E-state index contributed by atoms with van der Waals surface area (Å²) in [5.41, 5.74) is 2.38. The van der Waals surface area contributed by atoms with Gasteiger partial charge in [0, 0.05) is 43.3 Å². The highest BCUT2D eigenvalue weighted by Crippen LogP contribution is 2.33. The van der Waals surface area contributed by atoms with Gasteiger partial charge in [-0.15, -0.1) is 11.3 Å². The molecule has 2 aliphatic rings. The zero-order valence-electron chi connectivity index (χ0n) is 13.2. The minimum Gasteiger partial charge on any atom is -0.378 e. The molecule has 4 rings (SSSR count). The van der Waals surface area contributed by atoms with Gasteiger partial charge in [-0.1, -0.05) is 0 Å². The lowest BCUT2D eigenvalue weighted by molar-refractivity contribution is -0.0895. The lowest BCUT2D eigenvalue weighted by Crippen LogP contribution is -2.47. The summed E-state index contributed by atoms with van der Waals surface area (Å²) in [5, 5.41) is 3.73. The van der Waals surface area contributed by atoms with E-state index in [9.17, 15) is 0 Å². The molecule has 0 aromatic carbocycles. The van der Waals surface area contributed by atoms with Crippen LogP contribution in [0.25, 0.3) is 4.96 Å². The van der Waals surface area contributed by atoms with Crippen LogP contribution in [0.3, 0.4) is 0 Å². The monoisotopic (exact) mass is 321 g/mol. The number of hydrogen-bond acceptors (Lipinski definition) is 5.